The Morgan fingerprint density at radius 3 is 2.65 bits per heavy atom. The largest absolute Gasteiger partial charge is 0.481 e. The van der Waals surface area contributed by atoms with E-state index in [1.54, 1.807) is 36.3 Å². The van der Waals surface area contributed by atoms with Crippen molar-refractivity contribution in [3.05, 3.63) is 58.1 Å². The summed E-state index contributed by atoms with van der Waals surface area (Å²) in [5, 5.41) is 3.64. The molecule has 5 heterocycles. The molecule has 0 bridgehead atoms. The highest BCUT2D eigenvalue weighted by atomic mass is 32.1. The number of aryl methyl sites for hydroxylation is 1. The van der Waals surface area contributed by atoms with Gasteiger partial charge in [-0.1, -0.05) is 6.07 Å². The number of amides is 3. The van der Waals surface area contributed by atoms with Gasteiger partial charge in [0.1, 0.15) is 12.1 Å². The fourth-order valence-electron chi connectivity index (χ4n) is 6.65. The van der Waals surface area contributed by atoms with Crippen LogP contribution >= 0.6 is 18.9 Å². The van der Waals surface area contributed by atoms with Crippen molar-refractivity contribution in [3.8, 4) is 5.88 Å². The number of pyridine rings is 1. The highest BCUT2D eigenvalue weighted by Crippen LogP contribution is 2.40. The van der Waals surface area contributed by atoms with Crippen molar-refractivity contribution in [2.24, 2.45) is 0 Å². The van der Waals surface area contributed by atoms with E-state index in [9.17, 15) is 28.7 Å². The number of methoxy groups -OCH3 is 1. The molecule has 2 aromatic heterocycles. The number of fused-ring (bicyclic) bond motifs is 2. The first kappa shape index (κ1) is 29.7. The average Bonchev–Trinajstić information content (AvgIpc) is 3.51. The van der Waals surface area contributed by atoms with Gasteiger partial charge in [0.2, 0.25) is 17.7 Å². The van der Waals surface area contributed by atoms with E-state index in [0.717, 1.165) is 35.1 Å². The molecule has 43 heavy (non-hydrogen) atoms. The molecular formula is C30H35N4O7PS. The fourth-order valence-corrected chi connectivity index (χ4v) is 8.27. The number of thiophene rings is 1. The molecule has 1 aromatic carbocycles. The summed E-state index contributed by atoms with van der Waals surface area (Å²) < 4.78 is 17.4. The quantitative estimate of drug-likeness (QED) is 0.337. The number of carbonyl (C=O) groups excluding carboxylic acids is 3. The van der Waals surface area contributed by atoms with E-state index in [1.807, 2.05) is 24.1 Å². The number of ether oxygens (including phenoxy) is 1. The molecule has 3 N–H and O–H groups in total. The second-order valence-corrected chi connectivity index (χ2v) is 14.5. The minimum absolute atomic E-state index is 0.00905. The predicted molar refractivity (Wildman–Crippen MR) is 161 cm³/mol. The SMILES string of the molecule is COc1cc(C)c(C2CN(C(=O)[C@@H]3CC[C@@H]4CCC[C@H](NC(=O)c5cc6cc(CP(=O)(O)O)ccc6s5)C(=O)N43)C2)cn1. The molecule has 0 saturated carbocycles. The smallest absolute Gasteiger partial charge is 0.329 e. The van der Waals surface area contributed by atoms with E-state index in [-0.39, 0.29) is 35.8 Å². The summed E-state index contributed by atoms with van der Waals surface area (Å²) in [5.74, 6) is 0.149. The van der Waals surface area contributed by atoms with Gasteiger partial charge in [0.05, 0.1) is 18.1 Å². The molecule has 3 aliphatic rings. The highest BCUT2D eigenvalue weighted by Gasteiger charge is 2.47. The number of benzene rings is 1. The summed E-state index contributed by atoms with van der Waals surface area (Å²) in [6.45, 7) is 3.18. The van der Waals surface area contributed by atoms with Crippen LogP contribution in [0.5, 0.6) is 5.88 Å². The lowest BCUT2D eigenvalue weighted by molar-refractivity contribution is -0.148. The van der Waals surface area contributed by atoms with Gasteiger partial charge in [0.15, 0.2) is 0 Å². The van der Waals surface area contributed by atoms with Crippen molar-refractivity contribution in [1.82, 2.24) is 20.1 Å². The molecule has 3 atom stereocenters. The first-order valence-electron chi connectivity index (χ1n) is 14.5. The standard InChI is InChI=1S/C30H35N4O7PS/c1-17-10-27(41-2)31-13-22(17)20-14-33(15-20)30(37)24-8-7-21-4-3-5-23(29(36)34(21)24)32-28(35)26-12-19-11-18(16-42(38,39)40)6-9-25(19)43-26/h6,9-13,20-21,23-24H,3-5,7-8,14-16H2,1-2H3,(H,32,35)(H2,38,39,40)/t21-,23-,24-/m0/s1. The maximum absolute atomic E-state index is 13.8. The Balaban J connectivity index is 1.12. The molecule has 3 fully saturated rings. The summed E-state index contributed by atoms with van der Waals surface area (Å²) in [7, 11) is -2.63. The van der Waals surface area contributed by atoms with Crippen LogP contribution in [0.15, 0.2) is 36.5 Å². The van der Waals surface area contributed by atoms with Crippen molar-refractivity contribution in [2.45, 2.75) is 69.2 Å². The topological polar surface area (TPSA) is 149 Å². The minimum Gasteiger partial charge on any atom is -0.481 e. The van der Waals surface area contributed by atoms with Crippen LogP contribution in [0.25, 0.3) is 10.1 Å². The van der Waals surface area contributed by atoms with Gasteiger partial charge < -0.3 is 29.6 Å². The summed E-state index contributed by atoms with van der Waals surface area (Å²) in [6.07, 6.45) is 4.91. The lowest BCUT2D eigenvalue weighted by Crippen LogP contribution is -2.58. The predicted octanol–water partition coefficient (Wildman–Crippen LogP) is 3.56. The molecular weight excluding hydrogens is 591 g/mol. The zero-order chi connectivity index (χ0) is 30.5. The second-order valence-electron chi connectivity index (χ2n) is 11.8. The number of hydrogen-bond acceptors (Lipinski definition) is 7. The maximum Gasteiger partial charge on any atom is 0.329 e. The molecule has 0 unspecified atom stereocenters. The van der Waals surface area contributed by atoms with Crippen molar-refractivity contribution in [3.63, 3.8) is 0 Å². The molecule has 0 aliphatic carbocycles. The minimum atomic E-state index is -4.21. The zero-order valence-electron chi connectivity index (χ0n) is 24.1. The molecule has 228 valence electrons. The van der Waals surface area contributed by atoms with E-state index in [4.69, 9.17) is 4.74 Å². The Morgan fingerprint density at radius 2 is 1.93 bits per heavy atom. The first-order valence-corrected chi connectivity index (χ1v) is 17.1. The number of nitrogens with one attached hydrogen (secondary N) is 1. The molecule has 3 aliphatic heterocycles. The lowest BCUT2D eigenvalue weighted by atomic mass is 9.89. The Bertz CT molecular complexity index is 1630. The maximum atomic E-state index is 13.8. The van der Waals surface area contributed by atoms with Gasteiger partial charge in [-0.15, -0.1) is 11.3 Å². The van der Waals surface area contributed by atoms with E-state index >= 15 is 0 Å². The van der Waals surface area contributed by atoms with Gasteiger partial charge >= 0.3 is 7.60 Å². The van der Waals surface area contributed by atoms with Gasteiger partial charge in [0, 0.05) is 42.0 Å². The van der Waals surface area contributed by atoms with E-state index in [0.29, 0.717) is 47.6 Å². The summed E-state index contributed by atoms with van der Waals surface area (Å²) >= 11 is 1.26. The molecule has 0 radical (unpaired) electrons. The molecule has 3 aromatic rings. The third-order valence-electron chi connectivity index (χ3n) is 8.84. The Hall–Kier alpha value is -3.31. The van der Waals surface area contributed by atoms with Crippen LogP contribution < -0.4 is 10.1 Å². The molecule has 3 amide bonds. The van der Waals surface area contributed by atoms with Gasteiger partial charge in [-0.3, -0.25) is 18.9 Å². The number of likely N-dealkylation sites (tertiary alicyclic amines) is 1. The van der Waals surface area contributed by atoms with E-state index in [2.05, 4.69) is 10.3 Å². The lowest BCUT2D eigenvalue weighted by Gasteiger charge is -2.43. The van der Waals surface area contributed by atoms with Crippen LogP contribution in [0.4, 0.5) is 0 Å². The normalized spacial score (nSPS) is 22.7. The molecule has 3 saturated heterocycles. The van der Waals surface area contributed by atoms with Gasteiger partial charge in [-0.05, 0) is 79.3 Å². The van der Waals surface area contributed by atoms with Gasteiger partial charge in [-0.2, -0.15) is 0 Å². The number of hydrogen-bond donors (Lipinski definition) is 3. The number of carbonyl (C=O) groups is 3. The first-order chi connectivity index (χ1) is 20.5. The summed E-state index contributed by atoms with van der Waals surface area (Å²) in [6, 6.07) is 7.40. The Labute approximate surface area is 253 Å². The van der Waals surface area contributed by atoms with E-state index < -0.39 is 19.7 Å². The Kier molecular flexibility index (Phi) is 8.06. The van der Waals surface area contributed by atoms with Crippen LogP contribution in [0, 0.1) is 6.92 Å². The number of nitrogens with zero attached hydrogens (tertiary/aromatic N) is 3. The summed E-state index contributed by atoms with van der Waals surface area (Å²) in [4.78, 5) is 67.6. The van der Waals surface area contributed by atoms with Crippen molar-refractivity contribution in [1.29, 1.82) is 0 Å². The second kappa shape index (κ2) is 11.6. The highest BCUT2D eigenvalue weighted by molar-refractivity contribution is 7.50. The zero-order valence-corrected chi connectivity index (χ0v) is 25.8. The monoisotopic (exact) mass is 626 g/mol. The van der Waals surface area contributed by atoms with Crippen molar-refractivity contribution >= 4 is 46.7 Å². The molecule has 11 nitrogen and oxygen atoms in total. The fraction of sp³-hybridized carbons (Fsp3) is 0.467. The van der Waals surface area contributed by atoms with Gasteiger partial charge in [0.25, 0.3) is 5.91 Å². The van der Waals surface area contributed by atoms with Crippen LogP contribution in [0.3, 0.4) is 0 Å². The molecule has 0 spiro atoms. The summed E-state index contributed by atoms with van der Waals surface area (Å²) in [5.41, 5.74) is 2.66. The van der Waals surface area contributed by atoms with Crippen LogP contribution in [0.2, 0.25) is 0 Å². The van der Waals surface area contributed by atoms with Crippen molar-refractivity contribution in [2.75, 3.05) is 20.2 Å². The van der Waals surface area contributed by atoms with Gasteiger partial charge in [-0.25, -0.2) is 4.98 Å². The molecule has 6 rings (SSSR count). The van der Waals surface area contributed by atoms with Crippen LogP contribution in [-0.2, 0) is 20.3 Å². The Morgan fingerprint density at radius 1 is 1.14 bits per heavy atom. The van der Waals surface area contributed by atoms with Crippen LogP contribution in [-0.4, -0.2) is 80.6 Å². The third-order valence-corrected chi connectivity index (χ3v) is 10.7. The number of aromatic nitrogens is 1. The van der Waals surface area contributed by atoms with E-state index in [1.165, 1.54) is 11.3 Å². The third kappa shape index (κ3) is 6.06. The molecule has 13 heteroatoms. The van der Waals surface area contributed by atoms with Crippen LogP contribution in [0.1, 0.15) is 64.4 Å². The average molecular weight is 627 g/mol. The van der Waals surface area contributed by atoms with Crippen molar-refractivity contribution < 1.29 is 33.5 Å². The number of rotatable bonds is 7.